The van der Waals surface area contributed by atoms with E-state index >= 15 is 0 Å². The number of fused-ring (bicyclic) bond motifs is 1. The molecule has 158 valence electrons. The minimum absolute atomic E-state index is 0.0835. The van der Waals surface area contributed by atoms with E-state index in [9.17, 15) is 9.18 Å². The highest BCUT2D eigenvalue weighted by Crippen LogP contribution is 2.51. The molecule has 3 heterocycles. The van der Waals surface area contributed by atoms with Gasteiger partial charge in [0.2, 0.25) is 11.9 Å². The summed E-state index contributed by atoms with van der Waals surface area (Å²) in [6.07, 6.45) is 7.48. The Hall–Kier alpha value is -3.42. The van der Waals surface area contributed by atoms with Crippen LogP contribution in [0.1, 0.15) is 25.3 Å². The largest absolute Gasteiger partial charge is 0.325 e. The van der Waals surface area contributed by atoms with Gasteiger partial charge >= 0.3 is 0 Å². The summed E-state index contributed by atoms with van der Waals surface area (Å²) >= 11 is 0. The molecule has 2 aromatic heterocycles. The van der Waals surface area contributed by atoms with Gasteiger partial charge in [-0.15, -0.1) is 0 Å². The smallest absolute Gasteiger partial charge is 0.247 e. The van der Waals surface area contributed by atoms with Gasteiger partial charge in [-0.3, -0.25) is 4.79 Å². The zero-order valence-electron chi connectivity index (χ0n) is 17.4. The molecule has 2 aliphatic rings. The number of hydrogen-bond donors (Lipinski definition) is 1. The maximum atomic E-state index is 13.3. The number of nitrogens with one attached hydrogen (secondary N) is 1. The molecule has 1 saturated heterocycles. The zero-order chi connectivity index (χ0) is 21.5. The second kappa shape index (κ2) is 7.68. The number of carbonyl (C=O) groups excluding carboxylic acids is 1. The Labute approximate surface area is 179 Å². The van der Waals surface area contributed by atoms with Gasteiger partial charge in [-0.05, 0) is 55.4 Å². The normalized spacial score (nSPS) is 24.4. The van der Waals surface area contributed by atoms with Crippen molar-refractivity contribution >= 4 is 17.5 Å². The summed E-state index contributed by atoms with van der Waals surface area (Å²) in [4.78, 5) is 32.4. The zero-order valence-corrected chi connectivity index (χ0v) is 17.4. The Bertz CT molecular complexity index is 1110. The van der Waals surface area contributed by atoms with Crippen molar-refractivity contribution < 1.29 is 9.18 Å². The molecule has 1 N–H and O–H groups in total. The first-order valence-corrected chi connectivity index (χ1v) is 10.5. The maximum Gasteiger partial charge on any atom is 0.247 e. The average molecular weight is 418 g/mol. The van der Waals surface area contributed by atoms with E-state index in [1.165, 1.54) is 0 Å². The van der Waals surface area contributed by atoms with E-state index in [1.807, 2.05) is 25.1 Å². The molecule has 1 aliphatic carbocycles. The molecule has 1 aromatic carbocycles. The summed E-state index contributed by atoms with van der Waals surface area (Å²) < 4.78 is 13.2. The highest BCUT2D eigenvalue weighted by atomic mass is 19.1. The molecule has 0 spiro atoms. The molecule has 0 bridgehead atoms. The van der Waals surface area contributed by atoms with E-state index in [-0.39, 0.29) is 11.9 Å². The lowest BCUT2D eigenvalue weighted by molar-refractivity contribution is -0.117. The second-order valence-corrected chi connectivity index (χ2v) is 8.31. The topological polar surface area (TPSA) is 83.9 Å². The highest BCUT2D eigenvalue weighted by molar-refractivity contribution is 5.97. The van der Waals surface area contributed by atoms with Crippen LogP contribution in [0.25, 0.3) is 11.4 Å². The van der Waals surface area contributed by atoms with Gasteiger partial charge in [-0.1, -0.05) is 13.0 Å². The molecule has 4 atom stereocenters. The number of nitrogens with zero attached hydrogens (tertiary/aromatic N) is 5. The van der Waals surface area contributed by atoms with Crippen molar-refractivity contribution in [2.75, 3.05) is 10.2 Å². The fourth-order valence-corrected chi connectivity index (χ4v) is 4.69. The van der Waals surface area contributed by atoms with Crippen LogP contribution < -0.4 is 10.2 Å². The predicted octanol–water partition coefficient (Wildman–Crippen LogP) is 3.62. The number of aromatic nitrogens is 4. The van der Waals surface area contributed by atoms with Gasteiger partial charge in [-0.2, -0.15) is 0 Å². The van der Waals surface area contributed by atoms with Crippen molar-refractivity contribution in [3.05, 3.63) is 60.4 Å². The van der Waals surface area contributed by atoms with Crippen molar-refractivity contribution in [2.45, 2.75) is 38.8 Å². The van der Waals surface area contributed by atoms with Gasteiger partial charge in [-0.25, -0.2) is 24.3 Å². The van der Waals surface area contributed by atoms with E-state index in [0.29, 0.717) is 35.3 Å². The lowest BCUT2D eigenvalue weighted by atomic mass is 10.0. The number of hydrogen-bond acceptors (Lipinski definition) is 6. The number of carbonyl (C=O) groups is 1. The number of benzene rings is 1. The molecule has 1 saturated carbocycles. The molecule has 31 heavy (non-hydrogen) atoms. The van der Waals surface area contributed by atoms with Gasteiger partial charge in [0.1, 0.15) is 6.04 Å². The van der Waals surface area contributed by atoms with Crippen LogP contribution in [0.4, 0.5) is 16.0 Å². The molecular formula is C23H23FN6O. The molecule has 1 amide bonds. The van der Waals surface area contributed by atoms with Crippen LogP contribution in [0, 0.1) is 24.6 Å². The lowest BCUT2D eigenvalue weighted by Crippen LogP contribution is -2.49. The molecule has 5 rings (SSSR count). The van der Waals surface area contributed by atoms with Gasteiger partial charge in [0, 0.05) is 29.7 Å². The van der Waals surface area contributed by atoms with E-state index in [1.54, 1.807) is 18.5 Å². The minimum Gasteiger partial charge on any atom is -0.325 e. The van der Waals surface area contributed by atoms with Gasteiger partial charge < -0.3 is 10.2 Å². The molecule has 0 unspecified atom stereocenters. The SMILES string of the molecule is Cc1ccc(NC(=O)[C@H]2CC[C@H]3[C@@H](C)[C@H]3N2c2ncccn2)cc1-c1ncc(F)cn1. The molecular weight excluding hydrogens is 395 g/mol. The van der Waals surface area contributed by atoms with E-state index in [2.05, 4.69) is 37.1 Å². The van der Waals surface area contributed by atoms with Crippen LogP contribution in [-0.4, -0.2) is 37.9 Å². The third-order valence-corrected chi connectivity index (χ3v) is 6.39. The van der Waals surface area contributed by atoms with Crippen molar-refractivity contribution in [1.29, 1.82) is 0 Å². The number of rotatable bonds is 4. The fourth-order valence-electron chi connectivity index (χ4n) is 4.69. The van der Waals surface area contributed by atoms with Gasteiger partial charge in [0.15, 0.2) is 11.6 Å². The first kappa shape index (κ1) is 19.5. The predicted molar refractivity (Wildman–Crippen MR) is 115 cm³/mol. The molecule has 7 nitrogen and oxygen atoms in total. The summed E-state index contributed by atoms with van der Waals surface area (Å²) in [5, 5.41) is 3.05. The van der Waals surface area contributed by atoms with Crippen LogP contribution in [0.5, 0.6) is 0 Å². The average Bonchev–Trinajstić information content (AvgIpc) is 3.45. The Morgan fingerprint density at radius 3 is 2.61 bits per heavy atom. The van der Waals surface area contributed by atoms with Crippen LogP contribution in [0.3, 0.4) is 0 Å². The first-order chi connectivity index (χ1) is 15.0. The molecule has 3 aromatic rings. The van der Waals surface area contributed by atoms with Gasteiger partial charge in [0.05, 0.1) is 12.4 Å². The molecule has 1 aliphatic heterocycles. The maximum absolute atomic E-state index is 13.3. The summed E-state index contributed by atoms with van der Waals surface area (Å²) in [6, 6.07) is 7.33. The van der Waals surface area contributed by atoms with E-state index in [4.69, 9.17) is 0 Å². The van der Waals surface area contributed by atoms with Crippen LogP contribution in [-0.2, 0) is 4.79 Å². The van der Waals surface area contributed by atoms with E-state index < -0.39 is 5.82 Å². The third-order valence-electron chi connectivity index (χ3n) is 6.39. The highest BCUT2D eigenvalue weighted by Gasteiger charge is 2.56. The molecule has 0 radical (unpaired) electrons. The fraction of sp³-hybridized carbons (Fsp3) is 0.348. The van der Waals surface area contributed by atoms with Gasteiger partial charge in [0.25, 0.3) is 0 Å². The summed E-state index contributed by atoms with van der Waals surface area (Å²) in [5.41, 5.74) is 2.34. The Kier molecular flexibility index (Phi) is 4.84. The molecule has 2 fully saturated rings. The second-order valence-electron chi connectivity index (χ2n) is 8.31. The Balaban J connectivity index is 1.40. The minimum atomic E-state index is -0.487. The standard InChI is InChI=1S/C23H23FN6O/c1-13-4-5-16(10-18(13)21-27-11-15(24)12-28-21)29-22(31)19-7-6-17-14(2)20(17)30(19)23-25-8-3-9-26-23/h3-5,8-12,14,17,19-20H,6-7H2,1-2H3,(H,29,31)/t14-,17+,19-,20-/m1/s1. The quantitative estimate of drug-likeness (QED) is 0.697. The van der Waals surface area contributed by atoms with Crippen LogP contribution >= 0.6 is 0 Å². The third kappa shape index (κ3) is 3.62. The van der Waals surface area contributed by atoms with Crippen LogP contribution in [0.15, 0.2) is 49.1 Å². The number of halogens is 1. The summed E-state index contributed by atoms with van der Waals surface area (Å²) in [5.74, 6) is 1.57. The number of piperidine rings is 1. The van der Waals surface area contributed by atoms with Crippen molar-refractivity contribution in [3.8, 4) is 11.4 Å². The van der Waals surface area contributed by atoms with E-state index in [0.717, 1.165) is 36.4 Å². The van der Waals surface area contributed by atoms with Crippen LogP contribution in [0.2, 0.25) is 0 Å². The number of aryl methyl sites for hydroxylation is 1. The van der Waals surface area contributed by atoms with Crippen molar-refractivity contribution in [3.63, 3.8) is 0 Å². The first-order valence-electron chi connectivity index (χ1n) is 10.5. The Morgan fingerprint density at radius 1 is 1.13 bits per heavy atom. The lowest BCUT2D eigenvalue weighted by Gasteiger charge is -2.34. The monoisotopic (exact) mass is 418 g/mol. The molecule has 8 heteroatoms. The number of anilines is 2. The van der Waals surface area contributed by atoms with Crippen molar-refractivity contribution in [1.82, 2.24) is 19.9 Å². The summed E-state index contributed by atoms with van der Waals surface area (Å²) in [7, 11) is 0. The summed E-state index contributed by atoms with van der Waals surface area (Å²) in [6.45, 7) is 4.15. The Morgan fingerprint density at radius 2 is 1.87 bits per heavy atom. The van der Waals surface area contributed by atoms with Crippen molar-refractivity contribution in [2.24, 2.45) is 11.8 Å². The number of amides is 1.